The van der Waals surface area contributed by atoms with Crippen molar-refractivity contribution in [3.63, 3.8) is 0 Å². The molecule has 2 nitrogen and oxygen atoms in total. The van der Waals surface area contributed by atoms with E-state index in [0.29, 0.717) is 18.9 Å². The molecule has 1 unspecified atom stereocenters. The highest BCUT2D eigenvalue weighted by Crippen LogP contribution is 2.24. The third kappa shape index (κ3) is 7.93. The fourth-order valence-electron chi connectivity index (χ4n) is 1.39. The molecule has 0 bridgehead atoms. The molecule has 0 saturated heterocycles. The lowest BCUT2D eigenvalue weighted by atomic mass is 9.94. The Hall–Kier alpha value is -0.290. The lowest BCUT2D eigenvalue weighted by Gasteiger charge is -2.30. The van der Waals surface area contributed by atoms with E-state index in [9.17, 15) is 13.2 Å². The zero-order valence-electron chi connectivity index (χ0n) is 10.3. The molecule has 0 spiro atoms. The molecule has 0 radical (unpaired) electrons. The van der Waals surface area contributed by atoms with Crippen LogP contribution in [0.4, 0.5) is 13.2 Å². The van der Waals surface area contributed by atoms with Gasteiger partial charge in [0.2, 0.25) is 0 Å². The van der Waals surface area contributed by atoms with Crippen molar-refractivity contribution < 1.29 is 13.2 Å². The summed E-state index contributed by atoms with van der Waals surface area (Å²) in [6.45, 7) is 7.13. The average Bonchev–Trinajstić information content (AvgIpc) is 2.13. The van der Waals surface area contributed by atoms with Gasteiger partial charge in [-0.1, -0.05) is 13.8 Å². The zero-order valence-corrected chi connectivity index (χ0v) is 10.3. The van der Waals surface area contributed by atoms with Gasteiger partial charge in [-0.3, -0.25) is 0 Å². The fourth-order valence-corrected chi connectivity index (χ4v) is 1.39. The normalized spacial score (nSPS) is 16.5. The van der Waals surface area contributed by atoms with Crippen LogP contribution < -0.4 is 11.1 Å². The molecule has 0 fully saturated rings. The van der Waals surface area contributed by atoms with Crippen molar-refractivity contribution in [2.24, 2.45) is 11.7 Å². The molecular formula is C11H23F3N2. The summed E-state index contributed by atoms with van der Waals surface area (Å²) >= 11 is 0. The molecular weight excluding hydrogens is 217 g/mol. The standard InChI is InChI=1S/C11H23F3N2/c1-9(2)7-16-10(3,8-15)5-4-6-11(12,13)14/h9,16H,4-8,15H2,1-3H3. The van der Waals surface area contributed by atoms with Gasteiger partial charge in [-0.2, -0.15) is 13.2 Å². The predicted octanol–water partition coefficient (Wildman–Crippen LogP) is 2.68. The first kappa shape index (κ1) is 15.7. The van der Waals surface area contributed by atoms with Crippen molar-refractivity contribution >= 4 is 0 Å². The second-order valence-corrected chi connectivity index (χ2v) is 5.01. The van der Waals surface area contributed by atoms with Crippen LogP contribution in [-0.4, -0.2) is 24.8 Å². The van der Waals surface area contributed by atoms with E-state index in [1.165, 1.54) is 0 Å². The van der Waals surface area contributed by atoms with E-state index in [-0.39, 0.29) is 12.0 Å². The van der Waals surface area contributed by atoms with Crippen LogP contribution in [0.25, 0.3) is 0 Å². The highest BCUT2D eigenvalue weighted by molar-refractivity contribution is 4.84. The smallest absolute Gasteiger partial charge is 0.329 e. The summed E-state index contributed by atoms with van der Waals surface area (Å²) < 4.78 is 36.0. The second-order valence-electron chi connectivity index (χ2n) is 5.01. The highest BCUT2D eigenvalue weighted by Gasteiger charge is 2.29. The van der Waals surface area contributed by atoms with Gasteiger partial charge >= 0.3 is 6.18 Å². The number of hydrogen-bond acceptors (Lipinski definition) is 2. The number of nitrogens with two attached hydrogens (primary N) is 1. The van der Waals surface area contributed by atoms with Crippen molar-refractivity contribution in [3.05, 3.63) is 0 Å². The highest BCUT2D eigenvalue weighted by atomic mass is 19.4. The molecule has 98 valence electrons. The maximum Gasteiger partial charge on any atom is 0.389 e. The van der Waals surface area contributed by atoms with Gasteiger partial charge in [-0.15, -0.1) is 0 Å². The van der Waals surface area contributed by atoms with E-state index in [1.807, 2.05) is 6.92 Å². The summed E-state index contributed by atoms with van der Waals surface area (Å²) in [4.78, 5) is 0. The number of alkyl halides is 3. The molecule has 0 aliphatic carbocycles. The van der Waals surface area contributed by atoms with Crippen molar-refractivity contribution in [2.75, 3.05) is 13.1 Å². The first-order chi connectivity index (χ1) is 7.18. The Balaban J connectivity index is 3.97. The predicted molar refractivity (Wildman–Crippen MR) is 60.2 cm³/mol. The monoisotopic (exact) mass is 240 g/mol. The van der Waals surface area contributed by atoms with E-state index in [2.05, 4.69) is 19.2 Å². The SMILES string of the molecule is CC(C)CNC(C)(CN)CCCC(F)(F)F. The molecule has 0 amide bonds. The number of halogens is 3. The van der Waals surface area contributed by atoms with E-state index in [0.717, 1.165) is 6.54 Å². The van der Waals surface area contributed by atoms with E-state index in [4.69, 9.17) is 5.73 Å². The summed E-state index contributed by atoms with van der Waals surface area (Å²) in [5.74, 6) is 0.466. The van der Waals surface area contributed by atoms with Crippen LogP contribution >= 0.6 is 0 Å². The van der Waals surface area contributed by atoms with Gasteiger partial charge in [-0.05, 0) is 32.2 Å². The summed E-state index contributed by atoms with van der Waals surface area (Å²) in [6.07, 6.45) is -4.21. The Kier molecular flexibility index (Phi) is 6.33. The van der Waals surface area contributed by atoms with E-state index < -0.39 is 12.6 Å². The average molecular weight is 240 g/mol. The summed E-state index contributed by atoms with van der Waals surface area (Å²) in [5, 5.41) is 3.24. The largest absolute Gasteiger partial charge is 0.389 e. The Morgan fingerprint density at radius 2 is 1.75 bits per heavy atom. The molecule has 0 aromatic rings. The van der Waals surface area contributed by atoms with Crippen LogP contribution in [0.5, 0.6) is 0 Å². The molecule has 0 aromatic carbocycles. The van der Waals surface area contributed by atoms with Crippen LogP contribution in [0.1, 0.15) is 40.0 Å². The Morgan fingerprint density at radius 1 is 1.19 bits per heavy atom. The van der Waals surface area contributed by atoms with Crippen molar-refractivity contribution in [1.82, 2.24) is 5.32 Å². The van der Waals surface area contributed by atoms with Gasteiger partial charge in [0.15, 0.2) is 0 Å². The maximum absolute atomic E-state index is 12.0. The van der Waals surface area contributed by atoms with Gasteiger partial charge in [0.05, 0.1) is 0 Å². The third-order valence-electron chi connectivity index (χ3n) is 2.58. The first-order valence-electron chi connectivity index (χ1n) is 5.70. The third-order valence-corrected chi connectivity index (χ3v) is 2.58. The molecule has 0 heterocycles. The minimum absolute atomic E-state index is 0.127. The van der Waals surface area contributed by atoms with Crippen molar-refractivity contribution in [3.8, 4) is 0 Å². The van der Waals surface area contributed by atoms with Gasteiger partial charge in [0.25, 0.3) is 0 Å². The van der Waals surface area contributed by atoms with Crippen molar-refractivity contribution in [2.45, 2.75) is 51.7 Å². The summed E-state index contributed by atoms with van der Waals surface area (Å²) in [6, 6.07) is 0. The first-order valence-corrected chi connectivity index (χ1v) is 5.70. The molecule has 5 heteroatoms. The van der Waals surface area contributed by atoms with Gasteiger partial charge in [0, 0.05) is 18.5 Å². The summed E-state index contributed by atoms with van der Waals surface area (Å²) in [7, 11) is 0. The zero-order chi connectivity index (χ0) is 12.8. The Bertz CT molecular complexity index is 192. The van der Waals surface area contributed by atoms with Gasteiger partial charge in [-0.25, -0.2) is 0 Å². The quantitative estimate of drug-likeness (QED) is 0.718. The lowest BCUT2D eigenvalue weighted by Crippen LogP contribution is -2.49. The minimum atomic E-state index is -4.06. The Morgan fingerprint density at radius 3 is 2.12 bits per heavy atom. The molecule has 16 heavy (non-hydrogen) atoms. The number of rotatable bonds is 7. The molecule has 3 N–H and O–H groups in total. The molecule has 1 atom stereocenters. The van der Waals surface area contributed by atoms with Crippen molar-refractivity contribution in [1.29, 1.82) is 0 Å². The van der Waals surface area contributed by atoms with Crippen LogP contribution in [0.3, 0.4) is 0 Å². The van der Waals surface area contributed by atoms with E-state index >= 15 is 0 Å². The molecule has 0 rings (SSSR count). The second kappa shape index (κ2) is 6.45. The Labute approximate surface area is 95.8 Å². The molecule has 0 aliphatic rings. The summed E-state index contributed by atoms with van der Waals surface area (Å²) in [5.41, 5.74) is 5.22. The van der Waals surface area contributed by atoms with Crippen LogP contribution in [0.15, 0.2) is 0 Å². The van der Waals surface area contributed by atoms with E-state index in [1.54, 1.807) is 0 Å². The number of hydrogen-bond donors (Lipinski definition) is 2. The molecule has 0 aromatic heterocycles. The maximum atomic E-state index is 12.0. The molecule has 0 aliphatic heterocycles. The molecule has 0 saturated carbocycles. The minimum Gasteiger partial charge on any atom is -0.329 e. The van der Waals surface area contributed by atoms with Crippen LogP contribution in [0.2, 0.25) is 0 Å². The lowest BCUT2D eigenvalue weighted by molar-refractivity contribution is -0.136. The van der Waals surface area contributed by atoms with Gasteiger partial charge in [0.1, 0.15) is 0 Å². The van der Waals surface area contributed by atoms with Crippen LogP contribution in [0, 0.1) is 5.92 Å². The van der Waals surface area contributed by atoms with Gasteiger partial charge < -0.3 is 11.1 Å². The fraction of sp³-hybridized carbons (Fsp3) is 1.00. The number of nitrogens with one attached hydrogen (secondary N) is 1. The van der Waals surface area contributed by atoms with Crippen LogP contribution in [-0.2, 0) is 0 Å². The topological polar surface area (TPSA) is 38.0 Å².